The molecule has 0 amide bonds. The fourth-order valence-electron chi connectivity index (χ4n) is 2.01. The Morgan fingerprint density at radius 2 is 2.33 bits per heavy atom. The van der Waals surface area contributed by atoms with Crippen molar-refractivity contribution in [2.75, 3.05) is 19.7 Å². The van der Waals surface area contributed by atoms with Gasteiger partial charge in [-0.3, -0.25) is 14.8 Å². The third-order valence-corrected chi connectivity index (χ3v) is 2.78. The number of rotatable bonds is 6. The van der Waals surface area contributed by atoms with Crippen LogP contribution in [-0.2, 0) is 6.54 Å². The van der Waals surface area contributed by atoms with Crippen LogP contribution in [0.3, 0.4) is 0 Å². The highest BCUT2D eigenvalue weighted by Gasteiger charge is 2.08. The first-order valence-electron chi connectivity index (χ1n) is 6.14. The Balaban J connectivity index is 2.21. The first-order chi connectivity index (χ1) is 8.74. The van der Waals surface area contributed by atoms with E-state index in [1.165, 1.54) is 10.6 Å². The van der Waals surface area contributed by atoms with Crippen LogP contribution in [0.1, 0.15) is 19.0 Å². The molecule has 6 heteroatoms. The van der Waals surface area contributed by atoms with Crippen LogP contribution >= 0.6 is 0 Å². The Labute approximate surface area is 105 Å². The number of hydrogen-bond donors (Lipinski definition) is 2. The van der Waals surface area contributed by atoms with E-state index in [1.807, 2.05) is 0 Å². The predicted molar refractivity (Wildman–Crippen MR) is 68.5 cm³/mol. The molecule has 2 aromatic heterocycles. The molecule has 2 N–H and O–H groups in total. The van der Waals surface area contributed by atoms with Gasteiger partial charge in [0.1, 0.15) is 0 Å². The van der Waals surface area contributed by atoms with Crippen molar-refractivity contribution < 1.29 is 5.11 Å². The van der Waals surface area contributed by atoms with Crippen LogP contribution in [0, 0.1) is 0 Å². The standard InChI is InChI=1S/C12H18N4O2/c1-2-5-15(6-7-17)9-10-8-12(18)16-11(14-10)3-4-13-16/h3-4,8,13,17H,2,5-7,9H2,1H3. The number of aromatic amines is 1. The summed E-state index contributed by atoms with van der Waals surface area (Å²) < 4.78 is 1.40. The van der Waals surface area contributed by atoms with Crippen molar-refractivity contribution in [1.82, 2.24) is 19.5 Å². The molecule has 0 aliphatic carbocycles. The van der Waals surface area contributed by atoms with Crippen molar-refractivity contribution in [3.8, 4) is 0 Å². The van der Waals surface area contributed by atoms with Gasteiger partial charge >= 0.3 is 0 Å². The highest BCUT2D eigenvalue weighted by Crippen LogP contribution is 2.02. The molecule has 0 spiro atoms. The smallest absolute Gasteiger partial charge is 0.272 e. The number of nitrogens with one attached hydrogen (secondary N) is 1. The molecule has 2 heterocycles. The summed E-state index contributed by atoms with van der Waals surface area (Å²) in [5, 5.41) is 11.8. The van der Waals surface area contributed by atoms with Crippen LogP contribution < -0.4 is 5.56 Å². The predicted octanol–water partition coefficient (Wildman–Crippen LogP) is 0.227. The zero-order valence-corrected chi connectivity index (χ0v) is 10.5. The van der Waals surface area contributed by atoms with Gasteiger partial charge in [0.05, 0.1) is 12.3 Å². The largest absolute Gasteiger partial charge is 0.395 e. The van der Waals surface area contributed by atoms with E-state index in [4.69, 9.17) is 5.11 Å². The Morgan fingerprint density at radius 1 is 1.50 bits per heavy atom. The van der Waals surface area contributed by atoms with Crippen LogP contribution in [0.25, 0.3) is 5.65 Å². The van der Waals surface area contributed by atoms with E-state index in [1.54, 1.807) is 12.3 Å². The average Bonchev–Trinajstić information content (AvgIpc) is 2.78. The number of aliphatic hydroxyl groups is 1. The third-order valence-electron chi connectivity index (χ3n) is 2.78. The molecule has 0 aromatic carbocycles. The zero-order chi connectivity index (χ0) is 13.0. The van der Waals surface area contributed by atoms with E-state index in [9.17, 15) is 4.79 Å². The number of aliphatic hydroxyl groups excluding tert-OH is 1. The molecule has 18 heavy (non-hydrogen) atoms. The van der Waals surface area contributed by atoms with Crippen molar-refractivity contribution in [1.29, 1.82) is 0 Å². The van der Waals surface area contributed by atoms with Gasteiger partial charge in [-0.1, -0.05) is 6.92 Å². The van der Waals surface area contributed by atoms with E-state index in [2.05, 4.69) is 21.9 Å². The summed E-state index contributed by atoms with van der Waals surface area (Å²) in [7, 11) is 0. The van der Waals surface area contributed by atoms with Crippen molar-refractivity contribution in [3.05, 3.63) is 34.4 Å². The van der Waals surface area contributed by atoms with Crippen LogP contribution in [0.15, 0.2) is 23.1 Å². The Kier molecular flexibility index (Phi) is 4.11. The van der Waals surface area contributed by atoms with E-state index < -0.39 is 0 Å². The number of nitrogens with zero attached hydrogens (tertiary/aromatic N) is 3. The van der Waals surface area contributed by atoms with E-state index in [0.717, 1.165) is 18.7 Å². The van der Waals surface area contributed by atoms with Crippen molar-refractivity contribution in [3.63, 3.8) is 0 Å². The number of H-pyrrole nitrogens is 1. The van der Waals surface area contributed by atoms with Gasteiger partial charge in [-0.25, -0.2) is 9.50 Å². The van der Waals surface area contributed by atoms with Gasteiger partial charge in [-0.15, -0.1) is 0 Å². The van der Waals surface area contributed by atoms with E-state index >= 15 is 0 Å². The topological polar surface area (TPSA) is 73.6 Å². The monoisotopic (exact) mass is 250 g/mol. The molecule has 0 saturated heterocycles. The molecule has 2 rings (SSSR count). The van der Waals surface area contributed by atoms with Gasteiger partial charge in [0.15, 0.2) is 5.65 Å². The lowest BCUT2D eigenvalue weighted by Crippen LogP contribution is -2.28. The Bertz CT molecular complexity index is 554. The molecule has 0 atom stereocenters. The molecule has 0 fully saturated rings. The second kappa shape index (κ2) is 5.79. The van der Waals surface area contributed by atoms with Gasteiger partial charge in [-0.05, 0) is 13.0 Å². The average molecular weight is 250 g/mol. The summed E-state index contributed by atoms with van der Waals surface area (Å²) in [6.07, 6.45) is 2.69. The number of fused-ring (bicyclic) bond motifs is 1. The summed E-state index contributed by atoms with van der Waals surface area (Å²) in [6, 6.07) is 3.30. The maximum atomic E-state index is 11.8. The second-order valence-electron chi connectivity index (χ2n) is 4.24. The van der Waals surface area contributed by atoms with Gasteiger partial charge in [-0.2, -0.15) is 0 Å². The van der Waals surface area contributed by atoms with Crippen molar-refractivity contribution >= 4 is 5.65 Å². The van der Waals surface area contributed by atoms with Gasteiger partial charge in [0.25, 0.3) is 5.56 Å². The molecular formula is C12H18N4O2. The minimum atomic E-state index is -0.111. The Morgan fingerprint density at radius 3 is 3.06 bits per heavy atom. The highest BCUT2D eigenvalue weighted by atomic mass is 16.3. The second-order valence-corrected chi connectivity index (χ2v) is 4.24. The lowest BCUT2D eigenvalue weighted by atomic mass is 10.3. The van der Waals surface area contributed by atoms with Gasteiger partial charge in [0.2, 0.25) is 0 Å². The van der Waals surface area contributed by atoms with Crippen molar-refractivity contribution in [2.45, 2.75) is 19.9 Å². The SMILES string of the molecule is CCCN(CCO)Cc1cc(=O)n2[nH]ccc2n1. The van der Waals surface area contributed by atoms with E-state index in [-0.39, 0.29) is 12.2 Å². The zero-order valence-electron chi connectivity index (χ0n) is 10.5. The summed E-state index contributed by atoms with van der Waals surface area (Å²) in [6.45, 7) is 4.27. The highest BCUT2D eigenvalue weighted by molar-refractivity contribution is 5.36. The Hall–Kier alpha value is -1.66. The normalized spacial score (nSPS) is 11.5. The van der Waals surface area contributed by atoms with Gasteiger partial charge in [0, 0.05) is 31.4 Å². The lowest BCUT2D eigenvalue weighted by Gasteiger charge is -2.19. The lowest BCUT2D eigenvalue weighted by molar-refractivity contribution is 0.189. The van der Waals surface area contributed by atoms with E-state index in [0.29, 0.717) is 18.7 Å². The maximum Gasteiger partial charge on any atom is 0.272 e. The minimum absolute atomic E-state index is 0.111. The molecule has 2 aromatic rings. The maximum absolute atomic E-state index is 11.8. The third kappa shape index (κ3) is 2.77. The number of aromatic nitrogens is 3. The number of hydrogen-bond acceptors (Lipinski definition) is 4. The summed E-state index contributed by atoms with van der Waals surface area (Å²) in [5.74, 6) is 0. The molecular weight excluding hydrogens is 232 g/mol. The van der Waals surface area contributed by atoms with Crippen molar-refractivity contribution in [2.24, 2.45) is 0 Å². The first-order valence-corrected chi connectivity index (χ1v) is 6.14. The molecule has 98 valence electrons. The quantitative estimate of drug-likeness (QED) is 0.769. The molecule has 0 aliphatic rings. The van der Waals surface area contributed by atoms with Crippen LogP contribution in [-0.4, -0.2) is 44.3 Å². The minimum Gasteiger partial charge on any atom is -0.395 e. The first kappa shape index (κ1) is 12.8. The molecule has 6 nitrogen and oxygen atoms in total. The summed E-state index contributed by atoms with van der Waals surface area (Å²) >= 11 is 0. The molecule has 0 unspecified atom stereocenters. The van der Waals surface area contributed by atoms with Crippen LogP contribution in [0.2, 0.25) is 0 Å². The summed E-state index contributed by atoms with van der Waals surface area (Å²) in [5.41, 5.74) is 1.25. The van der Waals surface area contributed by atoms with Crippen LogP contribution in [0.4, 0.5) is 0 Å². The fourth-order valence-corrected chi connectivity index (χ4v) is 2.01. The summed E-state index contributed by atoms with van der Waals surface area (Å²) in [4.78, 5) is 18.3. The molecule has 0 radical (unpaired) electrons. The molecule has 0 bridgehead atoms. The van der Waals surface area contributed by atoms with Gasteiger partial charge < -0.3 is 5.11 Å². The molecule has 0 aliphatic heterocycles. The fraction of sp³-hybridized carbons (Fsp3) is 0.500. The van der Waals surface area contributed by atoms with Crippen LogP contribution in [0.5, 0.6) is 0 Å². The molecule has 0 saturated carbocycles.